The van der Waals surface area contributed by atoms with Crippen LogP contribution in [0.1, 0.15) is 38.3 Å². The standard InChI is InChI=1S/C18H26N2O3/c1-18(2,17(22)23-3)14-10-7-11-20(12-14)15(16(19)21)13-8-5-4-6-9-13/h4-6,8-9,14-15H,7,10-12H2,1-3H3,(H2,19,21)/t14-,15-/m1/s1. The van der Waals surface area contributed by atoms with E-state index in [-0.39, 0.29) is 17.8 Å². The van der Waals surface area contributed by atoms with Crippen LogP contribution in [0, 0.1) is 11.3 Å². The van der Waals surface area contributed by atoms with E-state index in [0.29, 0.717) is 6.54 Å². The number of likely N-dealkylation sites (tertiary alicyclic amines) is 1. The zero-order chi connectivity index (χ0) is 17.0. The summed E-state index contributed by atoms with van der Waals surface area (Å²) in [5.41, 5.74) is 5.99. The first-order chi connectivity index (χ1) is 10.9. The molecule has 0 spiro atoms. The highest BCUT2D eigenvalue weighted by Crippen LogP contribution is 2.37. The number of benzene rings is 1. The summed E-state index contributed by atoms with van der Waals surface area (Å²) in [5, 5.41) is 0. The van der Waals surface area contributed by atoms with Crippen LogP contribution in [0.4, 0.5) is 0 Å². The van der Waals surface area contributed by atoms with E-state index in [1.165, 1.54) is 7.11 Å². The zero-order valence-corrected chi connectivity index (χ0v) is 14.1. The maximum atomic E-state index is 12.1. The molecule has 1 amide bonds. The SMILES string of the molecule is COC(=O)C(C)(C)[C@@H]1CCCN([C@@H](C(N)=O)c2ccccc2)C1. The minimum atomic E-state index is -0.577. The highest BCUT2D eigenvalue weighted by Gasteiger charge is 2.42. The highest BCUT2D eigenvalue weighted by atomic mass is 16.5. The number of ether oxygens (including phenoxy) is 1. The summed E-state index contributed by atoms with van der Waals surface area (Å²) in [6, 6.07) is 9.12. The molecule has 0 radical (unpaired) electrons. The number of methoxy groups -OCH3 is 1. The molecule has 1 aliphatic heterocycles. The summed E-state index contributed by atoms with van der Waals surface area (Å²) >= 11 is 0. The molecule has 0 aliphatic carbocycles. The van der Waals surface area contributed by atoms with E-state index in [2.05, 4.69) is 4.90 Å². The van der Waals surface area contributed by atoms with Gasteiger partial charge in [-0.2, -0.15) is 0 Å². The van der Waals surface area contributed by atoms with Gasteiger partial charge >= 0.3 is 5.97 Å². The number of esters is 1. The fourth-order valence-corrected chi connectivity index (χ4v) is 3.45. The molecule has 2 N–H and O–H groups in total. The minimum Gasteiger partial charge on any atom is -0.469 e. The Bertz CT molecular complexity index is 557. The number of nitrogens with two attached hydrogens (primary N) is 1. The summed E-state index contributed by atoms with van der Waals surface area (Å²) < 4.78 is 4.95. The first kappa shape index (κ1) is 17.5. The van der Waals surface area contributed by atoms with Gasteiger partial charge in [0.1, 0.15) is 6.04 Å². The number of amides is 1. The van der Waals surface area contributed by atoms with Crippen LogP contribution in [0.25, 0.3) is 0 Å². The third kappa shape index (κ3) is 3.72. The van der Waals surface area contributed by atoms with Crippen molar-refractivity contribution in [3.63, 3.8) is 0 Å². The van der Waals surface area contributed by atoms with Crippen LogP contribution in [0.15, 0.2) is 30.3 Å². The molecule has 0 aromatic heterocycles. The Morgan fingerprint density at radius 1 is 1.30 bits per heavy atom. The smallest absolute Gasteiger partial charge is 0.311 e. The van der Waals surface area contributed by atoms with Crippen LogP contribution in [0.2, 0.25) is 0 Å². The van der Waals surface area contributed by atoms with Crippen molar-refractivity contribution < 1.29 is 14.3 Å². The molecule has 126 valence electrons. The number of nitrogens with zero attached hydrogens (tertiary/aromatic N) is 1. The summed E-state index contributed by atoms with van der Waals surface area (Å²) in [6.45, 7) is 5.28. The lowest BCUT2D eigenvalue weighted by Crippen LogP contribution is -2.48. The van der Waals surface area contributed by atoms with Gasteiger partial charge in [0.15, 0.2) is 0 Å². The van der Waals surface area contributed by atoms with Gasteiger partial charge in [-0.1, -0.05) is 30.3 Å². The maximum absolute atomic E-state index is 12.1. The van der Waals surface area contributed by atoms with Gasteiger partial charge in [0, 0.05) is 6.54 Å². The molecule has 1 aliphatic rings. The van der Waals surface area contributed by atoms with Crippen molar-refractivity contribution in [2.75, 3.05) is 20.2 Å². The second-order valence-electron chi connectivity index (χ2n) is 6.76. The van der Waals surface area contributed by atoms with Crippen molar-refractivity contribution >= 4 is 11.9 Å². The van der Waals surface area contributed by atoms with Gasteiger partial charge in [0.05, 0.1) is 12.5 Å². The quantitative estimate of drug-likeness (QED) is 0.844. The lowest BCUT2D eigenvalue weighted by Gasteiger charge is -2.42. The molecular formula is C18H26N2O3. The zero-order valence-electron chi connectivity index (χ0n) is 14.1. The van der Waals surface area contributed by atoms with Crippen LogP contribution in [0.3, 0.4) is 0 Å². The molecule has 23 heavy (non-hydrogen) atoms. The van der Waals surface area contributed by atoms with Gasteiger partial charge in [-0.25, -0.2) is 0 Å². The Morgan fingerprint density at radius 2 is 1.96 bits per heavy atom. The van der Waals surface area contributed by atoms with Crippen LogP contribution in [0.5, 0.6) is 0 Å². The normalized spacial score (nSPS) is 20.7. The van der Waals surface area contributed by atoms with Gasteiger partial charge in [-0.3, -0.25) is 14.5 Å². The van der Waals surface area contributed by atoms with Gasteiger partial charge in [0.2, 0.25) is 5.91 Å². The van der Waals surface area contributed by atoms with Crippen molar-refractivity contribution in [2.45, 2.75) is 32.7 Å². The lowest BCUT2D eigenvalue weighted by atomic mass is 9.74. The second kappa shape index (κ2) is 7.13. The van der Waals surface area contributed by atoms with Gasteiger partial charge < -0.3 is 10.5 Å². The number of carbonyl (C=O) groups excluding carboxylic acids is 2. The second-order valence-corrected chi connectivity index (χ2v) is 6.76. The molecule has 1 aromatic rings. The van der Waals surface area contributed by atoms with E-state index in [9.17, 15) is 9.59 Å². The maximum Gasteiger partial charge on any atom is 0.311 e. The van der Waals surface area contributed by atoms with E-state index in [1.807, 2.05) is 44.2 Å². The Morgan fingerprint density at radius 3 is 2.52 bits per heavy atom. The largest absolute Gasteiger partial charge is 0.469 e. The molecule has 0 bridgehead atoms. The predicted molar refractivity (Wildman–Crippen MR) is 88.5 cm³/mol. The van der Waals surface area contributed by atoms with Crippen LogP contribution >= 0.6 is 0 Å². The number of rotatable bonds is 5. The number of primary amides is 1. The summed E-state index contributed by atoms with van der Waals surface area (Å²) in [7, 11) is 1.42. The third-order valence-corrected chi connectivity index (χ3v) is 4.93. The first-order valence-electron chi connectivity index (χ1n) is 8.04. The van der Waals surface area contributed by atoms with Crippen molar-refractivity contribution in [2.24, 2.45) is 17.1 Å². The lowest BCUT2D eigenvalue weighted by molar-refractivity contribution is -0.155. The minimum absolute atomic E-state index is 0.134. The van der Waals surface area contributed by atoms with Crippen LogP contribution in [-0.4, -0.2) is 37.0 Å². The van der Waals surface area contributed by atoms with Crippen molar-refractivity contribution in [3.05, 3.63) is 35.9 Å². The predicted octanol–water partition coefficient (Wildman–Crippen LogP) is 2.12. The van der Waals surface area contributed by atoms with E-state index >= 15 is 0 Å². The number of piperidine rings is 1. The molecule has 1 saturated heterocycles. The summed E-state index contributed by atoms with van der Waals surface area (Å²) in [4.78, 5) is 26.2. The van der Waals surface area contributed by atoms with Crippen molar-refractivity contribution in [1.29, 1.82) is 0 Å². The average molecular weight is 318 g/mol. The molecule has 2 atom stereocenters. The third-order valence-electron chi connectivity index (χ3n) is 4.93. The molecule has 2 rings (SSSR count). The van der Waals surface area contributed by atoms with E-state index in [4.69, 9.17) is 10.5 Å². The number of hydrogen-bond donors (Lipinski definition) is 1. The highest BCUT2D eigenvalue weighted by molar-refractivity contribution is 5.81. The molecule has 1 heterocycles. The van der Waals surface area contributed by atoms with E-state index in [1.54, 1.807) is 0 Å². The molecule has 5 nitrogen and oxygen atoms in total. The Kier molecular flexibility index (Phi) is 5.42. The average Bonchev–Trinajstić information content (AvgIpc) is 2.55. The fraction of sp³-hybridized carbons (Fsp3) is 0.556. The Hall–Kier alpha value is -1.88. The van der Waals surface area contributed by atoms with Crippen LogP contribution < -0.4 is 5.73 Å². The van der Waals surface area contributed by atoms with Gasteiger partial charge in [-0.05, 0) is 44.7 Å². The van der Waals surface area contributed by atoms with E-state index < -0.39 is 11.5 Å². The Balaban J connectivity index is 2.22. The monoisotopic (exact) mass is 318 g/mol. The van der Waals surface area contributed by atoms with E-state index in [0.717, 1.165) is 24.9 Å². The number of hydrogen-bond acceptors (Lipinski definition) is 4. The van der Waals surface area contributed by atoms with Crippen molar-refractivity contribution in [1.82, 2.24) is 4.90 Å². The molecule has 0 unspecified atom stereocenters. The van der Waals surface area contributed by atoms with Gasteiger partial charge in [-0.15, -0.1) is 0 Å². The molecule has 1 fully saturated rings. The topological polar surface area (TPSA) is 72.6 Å². The molecule has 0 saturated carbocycles. The molecule has 5 heteroatoms. The molecule has 1 aromatic carbocycles. The molecular weight excluding hydrogens is 292 g/mol. The van der Waals surface area contributed by atoms with Gasteiger partial charge in [0.25, 0.3) is 0 Å². The Labute approximate surface area is 137 Å². The number of carbonyl (C=O) groups is 2. The van der Waals surface area contributed by atoms with Crippen LogP contribution in [-0.2, 0) is 14.3 Å². The van der Waals surface area contributed by atoms with Crippen molar-refractivity contribution in [3.8, 4) is 0 Å². The fourth-order valence-electron chi connectivity index (χ4n) is 3.45. The summed E-state index contributed by atoms with van der Waals surface area (Å²) in [5.74, 6) is -0.429. The summed E-state index contributed by atoms with van der Waals surface area (Å²) in [6.07, 6.45) is 1.88. The first-order valence-corrected chi connectivity index (χ1v) is 8.04.